The van der Waals surface area contributed by atoms with Gasteiger partial charge in [0, 0.05) is 41.5 Å². The molecule has 0 saturated carbocycles. The van der Waals surface area contributed by atoms with E-state index in [0.29, 0.717) is 35.0 Å². The van der Waals surface area contributed by atoms with Gasteiger partial charge in [-0.15, -0.1) is 0 Å². The quantitative estimate of drug-likeness (QED) is 0.373. The molecule has 0 saturated heterocycles. The van der Waals surface area contributed by atoms with Gasteiger partial charge in [-0.3, -0.25) is 9.59 Å². The van der Waals surface area contributed by atoms with Gasteiger partial charge in [0.2, 0.25) is 11.8 Å². The Morgan fingerprint density at radius 1 is 0.882 bits per heavy atom. The van der Waals surface area contributed by atoms with E-state index in [1.165, 1.54) is 5.56 Å². The summed E-state index contributed by atoms with van der Waals surface area (Å²) in [6.07, 6.45) is 1.25. The summed E-state index contributed by atoms with van der Waals surface area (Å²) in [7, 11) is 0. The van der Waals surface area contributed by atoms with Gasteiger partial charge in [0.15, 0.2) is 0 Å². The Morgan fingerprint density at radius 2 is 1.53 bits per heavy atom. The highest BCUT2D eigenvalue weighted by atomic mass is 35.5. The molecule has 0 radical (unpaired) electrons. The van der Waals surface area contributed by atoms with Crippen molar-refractivity contribution in [3.8, 4) is 0 Å². The van der Waals surface area contributed by atoms with Gasteiger partial charge in [-0.1, -0.05) is 89.4 Å². The molecule has 4 nitrogen and oxygen atoms in total. The second-order valence-corrected chi connectivity index (χ2v) is 9.12. The van der Waals surface area contributed by atoms with Crippen LogP contribution in [-0.2, 0) is 29.0 Å². The van der Waals surface area contributed by atoms with E-state index < -0.39 is 6.04 Å². The minimum absolute atomic E-state index is 0.122. The number of rotatable bonds is 10. The molecule has 3 aromatic rings. The first-order valence-corrected chi connectivity index (χ1v) is 12.2. The number of hydrogen-bond acceptors (Lipinski definition) is 2. The van der Waals surface area contributed by atoms with Crippen molar-refractivity contribution in [1.29, 1.82) is 0 Å². The number of benzene rings is 3. The molecule has 0 aromatic heterocycles. The topological polar surface area (TPSA) is 49.4 Å². The molecular formula is C28H30Cl2N2O2. The standard InChI is InChI=1S/C28H30Cl2N2O2/c1-3-31-28(34)26(18-22-8-5-4-6-9-22)32(19-23-24(29)10-7-11-25(23)30)27(33)17-16-21-14-12-20(2)13-15-21/h4-15,26H,3,16-19H2,1-2H3,(H,31,34)/t26-/m0/s1. The van der Waals surface area contributed by atoms with Gasteiger partial charge in [-0.05, 0) is 43.5 Å². The monoisotopic (exact) mass is 496 g/mol. The predicted molar refractivity (Wildman–Crippen MR) is 139 cm³/mol. The molecule has 0 aliphatic carbocycles. The number of nitrogens with zero attached hydrogens (tertiary/aromatic N) is 1. The van der Waals surface area contributed by atoms with Gasteiger partial charge in [-0.25, -0.2) is 0 Å². The van der Waals surface area contributed by atoms with E-state index >= 15 is 0 Å². The van der Waals surface area contributed by atoms with Crippen molar-refractivity contribution in [3.05, 3.63) is 105 Å². The van der Waals surface area contributed by atoms with Gasteiger partial charge in [0.25, 0.3) is 0 Å². The average molecular weight is 497 g/mol. The lowest BCUT2D eigenvalue weighted by molar-refractivity contribution is -0.141. The highest BCUT2D eigenvalue weighted by Gasteiger charge is 2.30. The summed E-state index contributed by atoms with van der Waals surface area (Å²) in [6.45, 7) is 4.53. The highest BCUT2D eigenvalue weighted by molar-refractivity contribution is 6.36. The first-order chi connectivity index (χ1) is 16.4. The number of aryl methyl sites for hydroxylation is 2. The molecule has 0 aliphatic rings. The summed E-state index contributed by atoms with van der Waals surface area (Å²) in [5, 5.41) is 3.84. The third kappa shape index (κ3) is 7.09. The fourth-order valence-corrected chi connectivity index (χ4v) is 4.37. The summed E-state index contributed by atoms with van der Waals surface area (Å²) >= 11 is 12.9. The van der Waals surface area contributed by atoms with Crippen molar-refractivity contribution in [1.82, 2.24) is 10.2 Å². The number of carbonyl (C=O) groups is 2. The van der Waals surface area contributed by atoms with Gasteiger partial charge in [-0.2, -0.15) is 0 Å². The number of carbonyl (C=O) groups excluding carboxylic acids is 2. The normalized spacial score (nSPS) is 11.6. The first-order valence-electron chi connectivity index (χ1n) is 11.5. The van der Waals surface area contributed by atoms with Gasteiger partial charge in [0.1, 0.15) is 6.04 Å². The van der Waals surface area contributed by atoms with Crippen LogP contribution in [-0.4, -0.2) is 29.3 Å². The molecule has 0 fully saturated rings. The van der Waals surface area contributed by atoms with E-state index in [4.69, 9.17) is 23.2 Å². The summed E-state index contributed by atoms with van der Waals surface area (Å²) in [6, 6.07) is 22.4. The van der Waals surface area contributed by atoms with Gasteiger partial charge >= 0.3 is 0 Å². The largest absolute Gasteiger partial charge is 0.355 e. The molecular weight excluding hydrogens is 467 g/mol. The Morgan fingerprint density at radius 3 is 2.15 bits per heavy atom. The molecule has 3 rings (SSSR count). The molecule has 0 heterocycles. The predicted octanol–water partition coefficient (Wildman–Crippen LogP) is 6.01. The minimum atomic E-state index is -0.694. The van der Waals surface area contributed by atoms with E-state index in [2.05, 4.69) is 5.32 Å². The van der Waals surface area contributed by atoms with Crippen molar-refractivity contribution < 1.29 is 9.59 Å². The summed E-state index contributed by atoms with van der Waals surface area (Å²) in [5.41, 5.74) is 3.86. The van der Waals surface area contributed by atoms with Crippen LogP contribution in [0.15, 0.2) is 72.8 Å². The number of amides is 2. The second kappa shape index (κ2) is 12.6. The maximum absolute atomic E-state index is 13.6. The second-order valence-electron chi connectivity index (χ2n) is 8.31. The highest BCUT2D eigenvalue weighted by Crippen LogP contribution is 2.27. The molecule has 0 unspecified atom stereocenters. The van der Waals surface area contributed by atoms with Gasteiger partial charge < -0.3 is 10.2 Å². The molecule has 1 N–H and O–H groups in total. The summed E-state index contributed by atoms with van der Waals surface area (Å²) in [4.78, 5) is 28.4. The fourth-order valence-electron chi connectivity index (χ4n) is 3.85. The number of likely N-dealkylation sites (N-methyl/N-ethyl adjacent to an activating group) is 1. The SMILES string of the molecule is CCNC(=O)[C@H](Cc1ccccc1)N(Cc1c(Cl)cccc1Cl)C(=O)CCc1ccc(C)cc1. The maximum atomic E-state index is 13.6. The van der Waals surface area contributed by atoms with E-state index in [1.807, 2.05) is 68.4 Å². The Kier molecular flexibility index (Phi) is 9.55. The Hall–Kier alpha value is -2.82. The van der Waals surface area contributed by atoms with Crippen molar-refractivity contribution in [2.45, 2.75) is 45.7 Å². The van der Waals surface area contributed by atoms with Crippen LogP contribution in [0.5, 0.6) is 0 Å². The average Bonchev–Trinajstić information content (AvgIpc) is 2.83. The van der Waals surface area contributed by atoms with E-state index in [0.717, 1.165) is 11.1 Å². The third-order valence-corrected chi connectivity index (χ3v) is 6.47. The van der Waals surface area contributed by atoms with Crippen LogP contribution in [0.4, 0.5) is 0 Å². The van der Waals surface area contributed by atoms with E-state index in [1.54, 1.807) is 23.1 Å². The van der Waals surface area contributed by atoms with Crippen molar-refractivity contribution in [3.63, 3.8) is 0 Å². The molecule has 2 amide bonds. The van der Waals surface area contributed by atoms with Crippen LogP contribution in [0.2, 0.25) is 10.0 Å². The van der Waals surface area contributed by atoms with E-state index in [-0.39, 0.29) is 24.8 Å². The smallest absolute Gasteiger partial charge is 0.243 e. The van der Waals surface area contributed by atoms with Crippen molar-refractivity contribution >= 4 is 35.0 Å². The Bertz CT molecular complexity index is 1080. The molecule has 0 spiro atoms. The van der Waals surface area contributed by atoms with Crippen LogP contribution in [0.3, 0.4) is 0 Å². The van der Waals surface area contributed by atoms with Crippen LogP contribution in [0.25, 0.3) is 0 Å². The number of nitrogens with one attached hydrogen (secondary N) is 1. The minimum Gasteiger partial charge on any atom is -0.355 e. The zero-order valence-corrected chi connectivity index (χ0v) is 21.1. The third-order valence-electron chi connectivity index (χ3n) is 5.76. The van der Waals surface area contributed by atoms with Crippen LogP contribution in [0.1, 0.15) is 35.6 Å². The lowest BCUT2D eigenvalue weighted by Crippen LogP contribution is -2.50. The Labute approximate surface area is 211 Å². The zero-order valence-electron chi connectivity index (χ0n) is 19.6. The first kappa shape index (κ1) is 25.8. The van der Waals surface area contributed by atoms with Crippen LogP contribution in [0, 0.1) is 6.92 Å². The van der Waals surface area contributed by atoms with Crippen molar-refractivity contribution in [2.75, 3.05) is 6.54 Å². The summed E-state index contributed by atoms with van der Waals surface area (Å²) < 4.78 is 0. The van der Waals surface area contributed by atoms with Crippen molar-refractivity contribution in [2.24, 2.45) is 0 Å². The molecule has 6 heteroatoms. The molecule has 1 atom stereocenters. The lowest BCUT2D eigenvalue weighted by Gasteiger charge is -2.32. The van der Waals surface area contributed by atoms with Crippen LogP contribution >= 0.6 is 23.2 Å². The number of hydrogen-bond donors (Lipinski definition) is 1. The molecule has 34 heavy (non-hydrogen) atoms. The molecule has 3 aromatic carbocycles. The Balaban J connectivity index is 1.93. The fraction of sp³-hybridized carbons (Fsp3) is 0.286. The molecule has 0 bridgehead atoms. The summed E-state index contributed by atoms with van der Waals surface area (Å²) in [5.74, 6) is -0.318. The lowest BCUT2D eigenvalue weighted by atomic mass is 10.0. The zero-order chi connectivity index (χ0) is 24.5. The van der Waals surface area contributed by atoms with Crippen LogP contribution < -0.4 is 5.32 Å². The van der Waals surface area contributed by atoms with Gasteiger partial charge in [0.05, 0.1) is 0 Å². The van der Waals surface area contributed by atoms with E-state index in [9.17, 15) is 9.59 Å². The molecule has 0 aliphatic heterocycles. The molecule has 178 valence electrons. The number of halogens is 2. The maximum Gasteiger partial charge on any atom is 0.243 e.